The Labute approximate surface area is 107 Å². The maximum atomic E-state index is 5.59. The van der Waals surface area contributed by atoms with Crippen molar-refractivity contribution in [2.75, 3.05) is 6.54 Å². The van der Waals surface area contributed by atoms with Gasteiger partial charge in [-0.05, 0) is 44.7 Å². The Bertz CT molecular complexity index is 489. The molecule has 96 valence electrons. The zero-order chi connectivity index (χ0) is 13.0. The molecule has 18 heavy (non-hydrogen) atoms. The predicted octanol–water partition coefficient (Wildman–Crippen LogP) is 2.63. The fourth-order valence-electron chi connectivity index (χ4n) is 1.68. The van der Waals surface area contributed by atoms with Crippen LogP contribution in [0.3, 0.4) is 0 Å². The molecule has 0 unspecified atom stereocenters. The van der Waals surface area contributed by atoms with Crippen molar-refractivity contribution in [3.63, 3.8) is 0 Å². The van der Waals surface area contributed by atoms with Gasteiger partial charge in [0.2, 0.25) is 0 Å². The van der Waals surface area contributed by atoms with Crippen LogP contribution in [-0.4, -0.2) is 17.8 Å². The van der Waals surface area contributed by atoms with Crippen LogP contribution in [0.1, 0.15) is 19.5 Å². The van der Waals surface area contributed by atoms with E-state index < -0.39 is 0 Å². The van der Waals surface area contributed by atoms with Gasteiger partial charge in [0.05, 0.1) is 11.8 Å². The molecule has 0 spiro atoms. The molecule has 2 N–H and O–H groups in total. The van der Waals surface area contributed by atoms with Crippen molar-refractivity contribution >= 4 is 0 Å². The lowest BCUT2D eigenvalue weighted by atomic mass is 10.1. The van der Waals surface area contributed by atoms with Gasteiger partial charge in [-0.1, -0.05) is 5.16 Å². The first kappa shape index (κ1) is 12.6. The maximum Gasteiger partial charge on any atom is 0.167 e. The van der Waals surface area contributed by atoms with Crippen molar-refractivity contribution in [1.29, 1.82) is 0 Å². The standard InChI is InChI=1S/C14H18N2O2/c1-10(2)17-13-5-3-11(4-6-13)14-9-12(7-8-15)16-18-14/h3-6,9-10H,7-8,15H2,1-2H3. The predicted molar refractivity (Wildman–Crippen MR) is 70.5 cm³/mol. The number of aromatic nitrogens is 1. The molecule has 0 bridgehead atoms. The fourth-order valence-corrected chi connectivity index (χ4v) is 1.68. The molecule has 1 aromatic carbocycles. The second-order valence-corrected chi connectivity index (χ2v) is 4.41. The summed E-state index contributed by atoms with van der Waals surface area (Å²) in [6, 6.07) is 9.71. The van der Waals surface area contributed by atoms with Crippen molar-refractivity contribution in [3.8, 4) is 17.1 Å². The van der Waals surface area contributed by atoms with Gasteiger partial charge in [-0.25, -0.2) is 0 Å². The molecule has 0 saturated carbocycles. The van der Waals surface area contributed by atoms with Crippen LogP contribution in [0.2, 0.25) is 0 Å². The van der Waals surface area contributed by atoms with Gasteiger partial charge in [0, 0.05) is 18.1 Å². The average Bonchev–Trinajstić information content (AvgIpc) is 2.78. The lowest BCUT2D eigenvalue weighted by Crippen LogP contribution is -2.05. The first-order chi connectivity index (χ1) is 8.69. The van der Waals surface area contributed by atoms with Crippen LogP contribution in [-0.2, 0) is 6.42 Å². The van der Waals surface area contributed by atoms with Crippen LogP contribution < -0.4 is 10.5 Å². The third-order valence-electron chi connectivity index (χ3n) is 2.47. The molecule has 0 saturated heterocycles. The summed E-state index contributed by atoms with van der Waals surface area (Å²) in [4.78, 5) is 0. The van der Waals surface area contributed by atoms with Gasteiger partial charge >= 0.3 is 0 Å². The molecule has 0 amide bonds. The van der Waals surface area contributed by atoms with Gasteiger partial charge in [0.25, 0.3) is 0 Å². The monoisotopic (exact) mass is 246 g/mol. The van der Waals surface area contributed by atoms with E-state index in [0.29, 0.717) is 6.54 Å². The Morgan fingerprint density at radius 1 is 1.28 bits per heavy atom. The molecule has 4 heteroatoms. The number of benzene rings is 1. The lowest BCUT2D eigenvalue weighted by Gasteiger charge is -2.09. The van der Waals surface area contributed by atoms with Gasteiger partial charge in [-0.3, -0.25) is 0 Å². The summed E-state index contributed by atoms with van der Waals surface area (Å²) < 4.78 is 10.9. The molecule has 0 radical (unpaired) electrons. The molecule has 0 fully saturated rings. The van der Waals surface area contributed by atoms with E-state index in [2.05, 4.69) is 5.16 Å². The summed E-state index contributed by atoms with van der Waals surface area (Å²) in [6.07, 6.45) is 0.912. The summed E-state index contributed by atoms with van der Waals surface area (Å²) in [5, 5.41) is 3.97. The summed E-state index contributed by atoms with van der Waals surface area (Å²) in [7, 11) is 0. The van der Waals surface area contributed by atoms with E-state index >= 15 is 0 Å². The number of nitrogens with two attached hydrogens (primary N) is 1. The van der Waals surface area contributed by atoms with Crippen molar-refractivity contribution < 1.29 is 9.26 Å². The Kier molecular flexibility index (Phi) is 3.99. The van der Waals surface area contributed by atoms with Gasteiger partial charge in [-0.15, -0.1) is 0 Å². The van der Waals surface area contributed by atoms with Gasteiger partial charge in [0.15, 0.2) is 5.76 Å². The Balaban J connectivity index is 2.12. The minimum atomic E-state index is 0.178. The van der Waals surface area contributed by atoms with E-state index in [0.717, 1.165) is 29.2 Å². The number of rotatable bonds is 5. The Morgan fingerprint density at radius 2 is 2.00 bits per heavy atom. The van der Waals surface area contributed by atoms with Gasteiger partial charge in [-0.2, -0.15) is 0 Å². The largest absolute Gasteiger partial charge is 0.491 e. The molecule has 0 atom stereocenters. The first-order valence-corrected chi connectivity index (χ1v) is 6.12. The molecule has 4 nitrogen and oxygen atoms in total. The first-order valence-electron chi connectivity index (χ1n) is 6.12. The molecular formula is C14H18N2O2. The summed E-state index contributed by atoms with van der Waals surface area (Å²) in [5.41, 5.74) is 7.35. The van der Waals surface area contributed by atoms with Crippen molar-refractivity contribution in [2.24, 2.45) is 5.73 Å². The molecule has 1 aromatic heterocycles. The molecule has 0 aliphatic heterocycles. The molecule has 0 aliphatic rings. The van der Waals surface area contributed by atoms with E-state index in [-0.39, 0.29) is 6.10 Å². The highest BCUT2D eigenvalue weighted by molar-refractivity contribution is 5.58. The number of hydrogen-bond donors (Lipinski definition) is 1. The highest BCUT2D eigenvalue weighted by atomic mass is 16.5. The molecule has 2 rings (SSSR count). The maximum absolute atomic E-state index is 5.59. The highest BCUT2D eigenvalue weighted by Gasteiger charge is 2.06. The Morgan fingerprint density at radius 3 is 2.61 bits per heavy atom. The third kappa shape index (κ3) is 3.11. The second-order valence-electron chi connectivity index (χ2n) is 4.41. The van der Waals surface area contributed by atoms with Crippen LogP contribution >= 0.6 is 0 Å². The smallest absolute Gasteiger partial charge is 0.167 e. The van der Waals surface area contributed by atoms with Crippen LogP contribution in [0.15, 0.2) is 34.9 Å². The van der Waals surface area contributed by atoms with Crippen LogP contribution in [0.4, 0.5) is 0 Å². The quantitative estimate of drug-likeness (QED) is 0.881. The third-order valence-corrected chi connectivity index (χ3v) is 2.47. The zero-order valence-corrected chi connectivity index (χ0v) is 10.7. The lowest BCUT2D eigenvalue weighted by molar-refractivity contribution is 0.242. The molecule has 0 aliphatic carbocycles. The summed E-state index contributed by atoms with van der Waals surface area (Å²) in [6.45, 7) is 4.58. The van der Waals surface area contributed by atoms with E-state index in [1.54, 1.807) is 0 Å². The minimum absolute atomic E-state index is 0.178. The molecular weight excluding hydrogens is 228 g/mol. The van der Waals surface area contributed by atoms with E-state index in [1.807, 2.05) is 44.2 Å². The SMILES string of the molecule is CC(C)Oc1ccc(-c2cc(CCN)no2)cc1. The number of hydrogen-bond acceptors (Lipinski definition) is 4. The van der Waals surface area contributed by atoms with E-state index in [4.69, 9.17) is 15.0 Å². The van der Waals surface area contributed by atoms with Crippen LogP contribution in [0.25, 0.3) is 11.3 Å². The Hall–Kier alpha value is -1.81. The van der Waals surface area contributed by atoms with E-state index in [9.17, 15) is 0 Å². The van der Waals surface area contributed by atoms with Gasteiger partial charge < -0.3 is 15.0 Å². The zero-order valence-electron chi connectivity index (χ0n) is 10.7. The van der Waals surface area contributed by atoms with Crippen LogP contribution in [0, 0.1) is 0 Å². The highest BCUT2D eigenvalue weighted by Crippen LogP contribution is 2.23. The minimum Gasteiger partial charge on any atom is -0.491 e. The normalized spacial score (nSPS) is 10.9. The fraction of sp³-hybridized carbons (Fsp3) is 0.357. The average molecular weight is 246 g/mol. The van der Waals surface area contributed by atoms with Crippen molar-refractivity contribution in [2.45, 2.75) is 26.4 Å². The number of ether oxygens (including phenoxy) is 1. The van der Waals surface area contributed by atoms with Crippen molar-refractivity contribution in [3.05, 3.63) is 36.0 Å². The summed E-state index contributed by atoms with van der Waals surface area (Å²) in [5.74, 6) is 1.62. The topological polar surface area (TPSA) is 61.3 Å². The number of nitrogens with zero attached hydrogens (tertiary/aromatic N) is 1. The van der Waals surface area contributed by atoms with Crippen LogP contribution in [0.5, 0.6) is 5.75 Å². The summed E-state index contributed by atoms with van der Waals surface area (Å²) >= 11 is 0. The van der Waals surface area contributed by atoms with Crippen molar-refractivity contribution in [1.82, 2.24) is 5.16 Å². The molecule has 1 heterocycles. The van der Waals surface area contributed by atoms with E-state index in [1.165, 1.54) is 0 Å². The molecule has 2 aromatic rings. The second kappa shape index (κ2) is 5.69. The van der Waals surface area contributed by atoms with Gasteiger partial charge in [0.1, 0.15) is 5.75 Å².